The van der Waals surface area contributed by atoms with Gasteiger partial charge in [0, 0.05) is 11.1 Å². The minimum absolute atomic E-state index is 0.157. The van der Waals surface area contributed by atoms with Gasteiger partial charge in [0.1, 0.15) is 5.01 Å². The summed E-state index contributed by atoms with van der Waals surface area (Å²) in [7, 11) is 0. The maximum atomic E-state index is 11.0. The number of rotatable bonds is 2. The molecule has 1 aliphatic rings. The number of aromatic nitrogens is 1. The lowest BCUT2D eigenvalue weighted by molar-refractivity contribution is -0.167. The molecule has 5 nitrogen and oxygen atoms in total. The second-order valence-corrected chi connectivity index (χ2v) is 4.68. The van der Waals surface area contributed by atoms with E-state index in [0.717, 1.165) is 9.88 Å². The zero-order valence-corrected chi connectivity index (χ0v) is 9.04. The molecule has 0 atom stereocenters. The topological polar surface area (TPSA) is 59.5 Å². The molecule has 0 aliphatic carbocycles. The summed E-state index contributed by atoms with van der Waals surface area (Å²) in [5.41, 5.74) is 0. The summed E-state index contributed by atoms with van der Waals surface area (Å²) < 4.78 is 4.42. The van der Waals surface area contributed by atoms with Crippen LogP contribution in [0.5, 0.6) is 0 Å². The zero-order valence-electron chi connectivity index (χ0n) is 8.23. The molecule has 0 spiro atoms. The molecule has 0 aromatic carbocycles. The van der Waals surface area contributed by atoms with Gasteiger partial charge in [-0.05, 0) is 6.92 Å². The number of cyclic esters (lactones) is 2. The quantitative estimate of drug-likeness (QED) is 0.537. The SMILES string of the molecule is Cc1cnc(CN2CC(=O)OC(=O)C2)s1. The summed E-state index contributed by atoms with van der Waals surface area (Å²) in [6.07, 6.45) is 1.78. The van der Waals surface area contributed by atoms with Gasteiger partial charge in [-0.25, -0.2) is 4.98 Å². The monoisotopic (exact) mass is 226 g/mol. The highest BCUT2D eigenvalue weighted by Crippen LogP contribution is 2.14. The van der Waals surface area contributed by atoms with Crippen molar-refractivity contribution in [3.05, 3.63) is 16.1 Å². The summed E-state index contributed by atoms with van der Waals surface area (Å²) in [5, 5.41) is 0.912. The zero-order chi connectivity index (χ0) is 10.8. The Kier molecular flexibility index (Phi) is 2.79. The van der Waals surface area contributed by atoms with Crippen molar-refractivity contribution < 1.29 is 14.3 Å². The van der Waals surface area contributed by atoms with Crippen LogP contribution in [0.2, 0.25) is 0 Å². The number of ether oxygens (including phenoxy) is 1. The molecule has 1 fully saturated rings. The molecular formula is C9H10N2O3S. The first kappa shape index (κ1) is 10.3. The molecule has 80 valence electrons. The van der Waals surface area contributed by atoms with Gasteiger partial charge < -0.3 is 4.74 Å². The number of hydrogen-bond donors (Lipinski definition) is 0. The van der Waals surface area contributed by atoms with Crippen LogP contribution in [-0.4, -0.2) is 34.9 Å². The van der Waals surface area contributed by atoms with Crippen molar-refractivity contribution in [1.82, 2.24) is 9.88 Å². The highest BCUT2D eigenvalue weighted by atomic mass is 32.1. The van der Waals surface area contributed by atoms with E-state index in [1.807, 2.05) is 6.92 Å². The molecule has 1 aliphatic heterocycles. The molecule has 0 unspecified atom stereocenters. The summed E-state index contributed by atoms with van der Waals surface area (Å²) >= 11 is 1.57. The van der Waals surface area contributed by atoms with E-state index < -0.39 is 11.9 Å². The van der Waals surface area contributed by atoms with Crippen LogP contribution in [0.1, 0.15) is 9.88 Å². The fraction of sp³-hybridized carbons (Fsp3) is 0.444. The Morgan fingerprint density at radius 1 is 1.47 bits per heavy atom. The number of morpholine rings is 1. The molecule has 0 saturated carbocycles. The van der Waals surface area contributed by atoms with Crippen LogP contribution < -0.4 is 0 Å². The first-order valence-corrected chi connectivity index (χ1v) is 5.32. The summed E-state index contributed by atoms with van der Waals surface area (Å²) in [4.78, 5) is 29.0. The van der Waals surface area contributed by atoms with E-state index in [0.29, 0.717) is 6.54 Å². The average molecular weight is 226 g/mol. The normalized spacial score (nSPS) is 17.9. The smallest absolute Gasteiger partial charge is 0.327 e. The Bertz CT molecular complexity index is 386. The lowest BCUT2D eigenvalue weighted by atomic mass is 10.4. The third kappa shape index (κ3) is 2.60. The number of esters is 2. The van der Waals surface area contributed by atoms with Gasteiger partial charge in [0.25, 0.3) is 0 Å². The average Bonchev–Trinajstić information content (AvgIpc) is 2.49. The summed E-state index contributed by atoms with van der Waals surface area (Å²) in [5.74, 6) is -0.973. The minimum atomic E-state index is -0.487. The standard InChI is InChI=1S/C9H10N2O3S/c1-6-2-10-7(15-6)3-11-4-8(12)14-9(13)5-11/h2H,3-5H2,1H3. The lowest BCUT2D eigenvalue weighted by Gasteiger charge is -2.22. The summed E-state index contributed by atoms with van der Waals surface area (Å²) in [6, 6.07) is 0. The van der Waals surface area contributed by atoms with Crippen molar-refractivity contribution in [2.24, 2.45) is 0 Å². The Labute approximate surface area is 90.7 Å². The minimum Gasteiger partial charge on any atom is -0.391 e. The van der Waals surface area contributed by atoms with Gasteiger partial charge in [-0.2, -0.15) is 0 Å². The van der Waals surface area contributed by atoms with Crippen molar-refractivity contribution in [3.8, 4) is 0 Å². The highest BCUT2D eigenvalue weighted by molar-refractivity contribution is 7.11. The van der Waals surface area contributed by atoms with Crippen molar-refractivity contribution >= 4 is 23.3 Å². The van der Waals surface area contributed by atoms with E-state index in [1.54, 1.807) is 22.4 Å². The molecule has 6 heteroatoms. The number of carbonyl (C=O) groups excluding carboxylic acids is 2. The fourth-order valence-electron chi connectivity index (χ4n) is 1.39. The lowest BCUT2D eigenvalue weighted by Crippen LogP contribution is -2.42. The molecule has 2 heterocycles. The molecule has 2 rings (SSSR count). The van der Waals surface area contributed by atoms with Gasteiger partial charge in [-0.1, -0.05) is 0 Å². The third-order valence-electron chi connectivity index (χ3n) is 1.96. The molecule has 0 bridgehead atoms. The van der Waals surface area contributed by atoms with E-state index in [9.17, 15) is 9.59 Å². The van der Waals surface area contributed by atoms with Crippen LogP contribution in [0.4, 0.5) is 0 Å². The summed E-state index contributed by atoms with van der Waals surface area (Å²) in [6.45, 7) is 2.81. The molecule has 1 aromatic rings. The fourth-order valence-corrected chi connectivity index (χ4v) is 2.22. The molecule has 0 N–H and O–H groups in total. The second-order valence-electron chi connectivity index (χ2n) is 3.36. The molecule has 1 aromatic heterocycles. The van der Waals surface area contributed by atoms with E-state index in [-0.39, 0.29) is 13.1 Å². The number of hydrogen-bond acceptors (Lipinski definition) is 6. The predicted molar refractivity (Wildman–Crippen MR) is 53.2 cm³/mol. The number of carbonyl (C=O) groups is 2. The van der Waals surface area contributed by atoms with Crippen LogP contribution in [0.15, 0.2) is 6.20 Å². The molecule has 0 amide bonds. The number of aryl methyl sites for hydroxylation is 1. The van der Waals surface area contributed by atoms with Gasteiger partial charge in [-0.3, -0.25) is 14.5 Å². The van der Waals surface area contributed by atoms with E-state index in [1.165, 1.54) is 0 Å². The largest absolute Gasteiger partial charge is 0.391 e. The Morgan fingerprint density at radius 2 is 2.13 bits per heavy atom. The van der Waals surface area contributed by atoms with Gasteiger partial charge in [0.15, 0.2) is 0 Å². The maximum Gasteiger partial charge on any atom is 0.327 e. The van der Waals surface area contributed by atoms with Crippen molar-refractivity contribution in [1.29, 1.82) is 0 Å². The third-order valence-corrected chi connectivity index (χ3v) is 2.86. The Hall–Kier alpha value is -1.27. The van der Waals surface area contributed by atoms with E-state index in [2.05, 4.69) is 9.72 Å². The van der Waals surface area contributed by atoms with Gasteiger partial charge in [-0.15, -0.1) is 11.3 Å². The number of nitrogens with zero attached hydrogens (tertiary/aromatic N) is 2. The predicted octanol–water partition coefficient (Wildman–Crippen LogP) is 0.337. The van der Waals surface area contributed by atoms with Crippen LogP contribution >= 0.6 is 11.3 Å². The first-order chi connectivity index (χ1) is 7.13. The van der Waals surface area contributed by atoms with Gasteiger partial charge in [0.05, 0.1) is 19.6 Å². The van der Waals surface area contributed by atoms with Crippen molar-refractivity contribution in [3.63, 3.8) is 0 Å². The van der Waals surface area contributed by atoms with Crippen molar-refractivity contribution in [2.45, 2.75) is 13.5 Å². The van der Waals surface area contributed by atoms with E-state index >= 15 is 0 Å². The molecule has 0 radical (unpaired) electrons. The number of thiazole rings is 1. The highest BCUT2D eigenvalue weighted by Gasteiger charge is 2.25. The Morgan fingerprint density at radius 3 is 2.67 bits per heavy atom. The molecular weight excluding hydrogens is 216 g/mol. The first-order valence-electron chi connectivity index (χ1n) is 4.50. The Balaban J connectivity index is 2.00. The van der Waals surface area contributed by atoms with E-state index in [4.69, 9.17) is 0 Å². The maximum absolute atomic E-state index is 11.0. The molecule has 1 saturated heterocycles. The van der Waals surface area contributed by atoms with Crippen LogP contribution in [0.25, 0.3) is 0 Å². The van der Waals surface area contributed by atoms with Crippen LogP contribution in [0.3, 0.4) is 0 Å². The molecule has 15 heavy (non-hydrogen) atoms. The second kappa shape index (κ2) is 4.08. The van der Waals surface area contributed by atoms with Gasteiger partial charge >= 0.3 is 11.9 Å². The van der Waals surface area contributed by atoms with Crippen LogP contribution in [0, 0.1) is 6.92 Å². The van der Waals surface area contributed by atoms with Crippen molar-refractivity contribution in [2.75, 3.05) is 13.1 Å². The van der Waals surface area contributed by atoms with Crippen LogP contribution in [-0.2, 0) is 20.9 Å². The van der Waals surface area contributed by atoms with Gasteiger partial charge in [0.2, 0.25) is 0 Å².